The number of nitrogens with zero attached hydrogens (tertiary/aromatic N) is 1. The number of hydrogen-bond acceptors (Lipinski definition) is 5. The van der Waals surface area contributed by atoms with Crippen LogP contribution in [0.3, 0.4) is 0 Å². The second-order valence-corrected chi connectivity index (χ2v) is 15.1. The van der Waals surface area contributed by atoms with Gasteiger partial charge in [-0.25, -0.2) is 9.59 Å². The third kappa shape index (κ3) is 6.27. The lowest BCUT2D eigenvalue weighted by atomic mass is 9.93. The minimum absolute atomic E-state index is 0.0596. The predicted molar refractivity (Wildman–Crippen MR) is 135 cm³/mol. The van der Waals surface area contributed by atoms with Gasteiger partial charge in [0.05, 0.1) is 18.7 Å². The molecule has 1 aliphatic rings. The molecule has 0 unspecified atom stereocenters. The zero-order valence-electron chi connectivity index (χ0n) is 21.2. The number of likely N-dealkylation sites (tertiary alicyclic amines) is 1. The first kappa shape index (κ1) is 26.0. The van der Waals surface area contributed by atoms with E-state index in [0.29, 0.717) is 18.5 Å². The van der Waals surface area contributed by atoms with Crippen LogP contribution < -0.4 is 0 Å². The topological polar surface area (TPSA) is 65.1 Å². The van der Waals surface area contributed by atoms with Crippen molar-refractivity contribution in [2.45, 2.75) is 70.5 Å². The fourth-order valence-electron chi connectivity index (χ4n) is 3.93. The summed E-state index contributed by atoms with van der Waals surface area (Å²) >= 11 is 0. The first-order valence-corrected chi connectivity index (χ1v) is 14.8. The number of rotatable bonds is 6. The molecule has 1 heterocycles. The lowest BCUT2D eigenvalue weighted by Gasteiger charge is -2.44. The van der Waals surface area contributed by atoms with E-state index in [1.54, 1.807) is 17.0 Å². The summed E-state index contributed by atoms with van der Waals surface area (Å²) in [5, 5.41) is 0.108. The van der Waals surface area contributed by atoms with E-state index in [1.165, 1.54) is 7.11 Å². The molecule has 0 spiro atoms. The summed E-state index contributed by atoms with van der Waals surface area (Å²) in [6.07, 6.45) is 1.18. The Kier molecular flexibility index (Phi) is 8.20. The summed E-state index contributed by atoms with van der Waals surface area (Å²) in [7, 11) is -0.590. The molecule has 0 aliphatic carbocycles. The Bertz CT molecular complexity index is 969. The fourth-order valence-corrected chi connectivity index (χ4v) is 5.33. The third-order valence-corrected chi connectivity index (χ3v) is 11.5. The molecule has 2 aromatic carbocycles. The first-order chi connectivity index (χ1) is 16.0. The molecule has 0 bridgehead atoms. The molecule has 2 aromatic rings. The van der Waals surface area contributed by atoms with Crippen molar-refractivity contribution in [1.29, 1.82) is 0 Å². The van der Waals surface area contributed by atoms with Crippen LogP contribution in [-0.2, 0) is 20.5 Å². The molecule has 1 amide bonds. The van der Waals surface area contributed by atoms with Crippen molar-refractivity contribution in [3.05, 3.63) is 71.3 Å². The number of benzene rings is 2. The zero-order chi connectivity index (χ0) is 24.9. The molecular weight excluding hydrogens is 446 g/mol. The Hall–Kier alpha value is -2.64. The standard InChI is InChI=1S/C27H37NO5Si/c1-27(2,3)34(5,6)33-23-16-17-28(26(30)32-19-20-10-8-7-9-11-20)24(18-23)21-12-14-22(15-13-21)25(29)31-4/h7-15,23-24H,16-19H2,1-6H3/t23-,24-/m0/s1. The van der Waals surface area contributed by atoms with E-state index in [1.807, 2.05) is 42.5 Å². The van der Waals surface area contributed by atoms with Crippen LogP contribution in [0.15, 0.2) is 54.6 Å². The second-order valence-electron chi connectivity index (χ2n) is 10.4. The highest BCUT2D eigenvalue weighted by molar-refractivity contribution is 6.74. The monoisotopic (exact) mass is 483 g/mol. The third-order valence-electron chi connectivity index (χ3n) is 6.98. The molecule has 3 rings (SSSR count). The summed E-state index contributed by atoms with van der Waals surface area (Å²) in [5.41, 5.74) is 2.38. The Balaban J connectivity index is 1.80. The van der Waals surface area contributed by atoms with Gasteiger partial charge in [-0.15, -0.1) is 0 Å². The number of carbonyl (C=O) groups excluding carboxylic acids is 2. The van der Waals surface area contributed by atoms with Gasteiger partial charge in [0.15, 0.2) is 8.32 Å². The van der Waals surface area contributed by atoms with Crippen LogP contribution >= 0.6 is 0 Å². The van der Waals surface area contributed by atoms with Crippen LogP contribution in [-0.4, -0.2) is 45.0 Å². The Morgan fingerprint density at radius 3 is 2.26 bits per heavy atom. The maximum absolute atomic E-state index is 13.1. The zero-order valence-corrected chi connectivity index (χ0v) is 22.2. The van der Waals surface area contributed by atoms with Gasteiger partial charge in [0.2, 0.25) is 0 Å². The van der Waals surface area contributed by atoms with Gasteiger partial charge in [0.25, 0.3) is 0 Å². The van der Waals surface area contributed by atoms with E-state index in [2.05, 4.69) is 33.9 Å². The first-order valence-electron chi connectivity index (χ1n) is 11.9. The molecule has 0 N–H and O–H groups in total. The van der Waals surface area contributed by atoms with E-state index < -0.39 is 8.32 Å². The normalized spacial score (nSPS) is 18.9. The van der Waals surface area contributed by atoms with E-state index in [9.17, 15) is 9.59 Å². The highest BCUT2D eigenvalue weighted by Gasteiger charge is 2.42. The molecular formula is C27H37NO5Si. The maximum Gasteiger partial charge on any atom is 0.410 e. The molecule has 1 saturated heterocycles. The largest absolute Gasteiger partial charge is 0.465 e. The van der Waals surface area contributed by atoms with Gasteiger partial charge in [-0.2, -0.15) is 0 Å². The molecule has 1 aliphatic heterocycles. The molecule has 1 fully saturated rings. The lowest BCUT2D eigenvalue weighted by molar-refractivity contribution is 0.0299. The van der Waals surface area contributed by atoms with Gasteiger partial charge in [0, 0.05) is 12.6 Å². The van der Waals surface area contributed by atoms with Gasteiger partial charge in [0.1, 0.15) is 6.61 Å². The molecule has 0 aromatic heterocycles. The van der Waals surface area contributed by atoms with E-state index in [0.717, 1.165) is 17.5 Å². The number of amides is 1. The van der Waals surface area contributed by atoms with Crippen LogP contribution in [0.4, 0.5) is 4.79 Å². The predicted octanol–water partition coefficient (Wildman–Crippen LogP) is 6.34. The number of carbonyl (C=O) groups is 2. The Morgan fingerprint density at radius 2 is 1.68 bits per heavy atom. The van der Waals surface area contributed by atoms with Gasteiger partial charge >= 0.3 is 12.1 Å². The molecule has 184 valence electrons. The number of esters is 1. The highest BCUT2D eigenvalue weighted by Crippen LogP contribution is 2.41. The number of ether oxygens (including phenoxy) is 2. The van der Waals surface area contributed by atoms with Crippen molar-refractivity contribution in [2.24, 2.45) is 0 Å². The number of methoxy groups -OCH3 is 1. The second kappa shape index (κ2) is 10.7. The molecule has 2 atom stereocenters. The Morgan fingerprint density at radius 1 is 1.03 bits per heavy atom. The van der Waals surface area contributed by atoms with E-state index in [-0.39, 0.29) is 35.9 Å². The van der Waals surface area contributed by atoms with E-state index in [4.69, 9.17) is 13.9 Å². The smallest absolute Gasteiger partial charge is 0.410 e. The van der Waals surface area contributed by atoms with Crippen molar-refractivity contribution in [1.82, 2.24) is 4.90 Å². The SMILES string of the molecule is COC(=O)c1ccc([C@@H]2C[C@@H](O[Si](C)(C)C(C)(C)C)CCN2C(=O)OCc2ccccc2)cc1. The minimum Gasteiger partial charge on any atom is -0.465 e. The van der Waals surface area contributed by atoms with Crippen molar-refractivity contribution in [2.75, 3.05) is 13.7 Å². The Labute approximate surface area is 204 Å². The molecule has 7 heteroatoms. The summed E-state index contributed by atoms with van der Waals surface area (Å²) in [6, 6.07) is 16.7. The van der Waals surface area contributed by atoms with Crippen molar-refractivity contribution in [3.8, 4) is 0 Å². The fraction of sp³-hybridized carbons (Fsp3) is 0.481. The van der Waals surface area contributed by atoms with E-state index >= 15 is 0 Å². The van der Waals surface area contributed by atoms with Crippen LogP contribution in [0.25, 0.3) is 0 Å². The van der Waals surface area contributed by atoms with Crippen LogP contribution in [0, 0.1) is 0 Å². The molecule has 34 heavy (non-hydrogen) atoms. The van der Waals surface area contributed by atoms with Gasteiger partial charge in [-0.05, 0) is 54.2 Å². The molecule has 6 nitrogen and oxygen atoms in total. The van der Waals surface area contributed by atoms with Crippen molar-refractivity contribution >= 4 is 20.4 Å². The van der Waals surface area contributed by atoms with Crippen LogP contribution in [0.5, 0.6) is 0 Å². The maximum atomic E-state index is 13.1. The highest BCUT2D eigenvalue weighted by atomic mass is 28.4. The quantitative estimate of drug-likeness (QED) is 0.354. The van der Waals surface area contributed by atoms with Crippen LogP contribution in [0.2, 0.25) is 18.1 Å². The summed E-state index contributed by atoms with van der Waals surface area (Å²) in [5.74, 6) is -0.381. The summed E-state index contributed by atoms with van der Waals surface area (Å²) in [4.78, 5) is 26.8. The minimum atomic E-state index is -1.96. The number of piperidine rings is 1. The molecule has 0 saturated carbocycles. The van der Waals surface area contributed by atoms with Crippen molar-refractivity contribution < 1.29 is 23.5 Å². The average Bonchev–Trinajstić information content (AvgIpc) is 2.82. The van der Waals surface area contributed by atoms with Gasteiger partial charge in [-0.3, -0.25) is 0 Å². The van der Waals surface area contributed by atoms with Crippen LogP contribution in [0.1, 0.15) is 61.1 Å². The van der Waals surface area contributed by atoms with Gasteiger partial charge in [-0.1, -0.05) is 63.2 Å². The average molecular weight is 484 g/mol. The number of hydrogen-bond donors (Lipinski definition) is 0. The van der Waals surface area contributed by atoms with Gasteiger partial charge < -0.3 is 18.8 Å². The summed E-state index contributed by atoms with van der Waals surface area (Å²) in [6.45, 7) is 12.0. The lowest BCUT2D eigenvalue weighted by Crippen LogP contribution is -2.49. The molecule has 0 radical (unpaired) electrons. The van der Waals surface area contributed by atoms with Crippen molar-refractivity contribution in [3.63, 3.8) is 0 Å². The summed E-state index contributed by atoms with van der Waals surface area (Å²) < 4.78 is 17.2.